The van der Waals surface area contributed by atoms with Crippen molar-refractivity contribution in [3.05, 3.63) is 59.5 Å². The molecule has 1 atom stereocenters. The highest BCUT2D eigenvalue weighted by Crippen LogP contribution is 2.32. The number of hydrogen-bond acceptors (Lipinski definition) is 6. The van der Waals surface area contributed by atoms with Crippen LogP contribution in [0, 0.1) is 17.5 Å². The van der Waals surface area contributed by atoms with Crippen LogP contribution >= 0.6 is 0 Å². The van der Waals surface area contributed by atoms with Crippen molar-refractivity contribution in [3.8, 4) is 17.1 Å². The molecule has 2 aliphatic rings. The Morgan fingerprint density at radius 3 is 2.51 bits per heavy atom. The van der Waals surface area contributed by atoms with E-state index in [1.54, 1.807) is 13.1 Å². The molecule has 1 fully saturated rings. The molecule has 1 N–H and O–H groups in total. The molecular weight excluding hydrogens is 491 g/mol. The monoisotopic (exact) mass is 513 g/mol. The molecule has 3 amide bonds. The molecule has 0 spiro atoms. The number of hydrazone groups is 1. The third-order valence-corrected chi connectivity index (χ3v) is 5.97. The number of nitrogens with zero attached hydrogens (tertiary/aromatic N) is 6. The molecule has 37 heavy (non-hydrogen) atoms. The Bertz CT molecular complexity index is 1380. The highest BCUT2D eigenvalue weighted by atomic mass is 19.1. The first-order valence-electron chi connectivity index (χ1n) is 11.4. The van der Waals surface area contributed by atoms with Crippen LogP contribution in [0.1, 0.15) is 24.9 Å². The maximum absolute atomic E-state index is 14.5. The number of benzene rings is 1. The van der Waals surface area contributed by atoms with E-state index in [1.165, 1.54) is 45.9 Å². The van der Waals surface area contributed by atoms with E-state index in [4.69, 9.17) is 4.74 Å². The number of ether oxygens (including phenoxy) is 1. The van der Waals surface area contributed by atoms with Crippen LogP contribution < -0.4 is 10.1 Å². The molecule has 1 saturated heterocycles. The number of carbonyl (C=O) groups is 2. The number of aryl methyl sites for hydroxylation is 1. The van der Waals surface area contributed by atoms with Gasteiger partial charge in [0.05, 0.1) is 36.7 Å². The second-order valence-corrected chi connectivity index (χ2v) is 8.74. The van der Waals surface area contributed by atoms with Crippen molar-refractivity contribution >= 4 is 24.0 Å². The predicted octanol–water partition coefficient (Wildman–Crippen LogP) is 3.47. The number of urea groups is 1. The Balaban J connectivity index is 1.24. The number of nitrogens with one attached hydrogen (secondary N) is 1. The van der Waals surface area contributed by atoms with Gasteiger partial charge in [-0.2, -0.15) is 10.2 Å². The van der Waals surface area contributed by atoms with Crippen molar-refractivity contribution < 1.29 is 27.5 Å². The number of likely N-dealkylation sites (tertiary alicyclic amines) is 1. The zero-order valence-electron chi connectivity index (χ0n) is 19.9. The molecule has 2 aliphatic heterocycles. The second kappa shape index (κ2) is 9.56. The molecule has 10 nitrogen and oxygen atoms in total. The number of rotatable bonds is 5. The van der Waals surface area contributed by atoms with Gasteiger partial charge in [-0.3, -0.25) is 14.5 Å². The molecule has 0 radical (unpaired) electrons. The lowest BCUT2D eigenvalue weighted by molar-refractivity contribution is -0.114. The highest BCUT2D eigenvalue weighted by Gasteiger charge is 2.39. The number of anilines is 1. The molecule has 0 aliphatic carbocycles. The second-order valence-electron chi connectivity index (χ2n) is 8.74. The lowest BCUT2D eigenvalue weighted by Crippen LogP contribution is -2.58. The van der Waals surface area contributed by atoms with E-state index >= 15 is 0 Å². The van der Waals surface area contributed by atoms with Crippen molar-refractivity contribution in [2.75, 3.05) is 18.4 Å². The van der Waals surface area contributed by atoms with E-state index in [-0.39, 0.29) is 24.7 Å². The minimum atomic E-state index is -0.733. The summed E-state index contributed by atoms with van der Waals surface area (Å²) in [7, 11) is 1.66. The standard InChI is InChI=1S/C24H22F3N7O3/c1-13(35)30-23-9-21(32(2)31-23)19-8-22(18(27)10-28-19)37-17-11-33(12-17)24(36)34-20(3-4-29-34)14-5-15(25)7-16(26)6-14/h4-10,17,20H,3,11-12H2,1-2H3,(H,30,31,35). The molecule has 0 saturated carbocycles. The van der Waals surface area contributed by atoms with Crippen LogP contribution in [0.5, 0.6) is 5.75 Å². The largest absolute Gasteiger partial charge is 0.483 e. The molecular formula is C24H22F3N7O3. The average molecular weight is 513 g/mol. The van der Waals surface area contributed by atoms with Gasteiger partial charge in [-0.15, -0.1) is 0 Å². The van der Waals surface area contributed by atoms with Gasteiger partial charge in [0.15, 0.2) is 17.4 Å². The molecule has 1 aromatic carbocycles. The van der Waals surface area contributed by atoms with Crippen LogP contribution in [0.4, 0.5) is 23.8 Å². The first-order chi connectivity index (χ1) is 17.7. The summed E-state index contributed by atoms with van der Waals surface area (Å²) in [5, 5.41) is 12.0. The predicted molar refractivity (Wildman–Crippen MR) is 126 cm³/mol. The van der Waals surface area contributed by atoms with E-state index < -0.39 is 35.6 Å². The Hall–Kier alpha value is -4.42. The van der Waals surface area contributed by atoms with Crippen molar-refractivity contribution in [1.29, 1.82) is 0 Å². The first kappa shape index (κ1) is 24.3. The van der Waals surface area contributed by atoms with Crippen LogP contribution in [0.3, 0.4) is 0 Å². The Labute approximate surface area is 209 Å². The first-order valence-corrected chi connectivity index (χ1v) is 11.4. The lowest BCUT2D eigenvalue weighted by Gasteiger charge is -2.41. The molecule has 13 heteroatoms. The summed E-state index contributed by atoms with van der Waals surface area (Å²) in [5.41, 5.74) is 1.22. The summed E-state index contributed by atoms with van der Waals surface area (Å²) in [4.78, 5) is 29.8. The van der Waals surface area contributed by atoms with Crippen LogP contribution in [0.25, 0.3) is 11.4 Å². The summed E-state index contributed by atoms with van der Waals surface area (Å²) in [6.07, 6.45) is 2.39. The van der Waals surface area contributed by atoms with Crippen molar-refractivity contribution in [3.63, 3.8) is 0 Å². The van der Waals surface area contributed by atoms with Crippen LogP contribution in [-0.2, 0) is 11.8 Å². The van der Waals surface area contributed by atoms with E-state index in [2.05, 4.69) is 20.5 Å². The fourth-order valence-electron chi connectivity index (χ4n) is 4.24. The van der Waals surface area contributed by atoms with Gasteiger partial charge >= 0.3 is 6.03 Å². The van der Waals surface area contributed by atoms with Crippen LogP contribution in [0.15, 0.2) is 41.6 Å². The van der Waals surface area contributed by atoms with Gasteiger partial charge in [0.25, 0.3) is 0 Å². The summed E-state index contributed by atoms with van der Waals surface area (Å²) >= 11 is 0. The fourth-order valence-corrected chi connectivity index (χ4v) is 4.24. The summed E-state index contributed by atoms with van der Waals surface area (Å²) in [5.74, 6) is -2.13. The number of amides is 3. The van der Waals surface area contributed by atoms with Crippen molar-refractivity contribution in [2.24, 2.45) is 12.1 Å². The summed E-state index contributed by atoms with van der Waals surface area (Å²) in [6, 6.07) is 5.08. The molecule has 192 valence electrons. The van der Waals surface area contributed by atoms with Gasteiger partial charge in [-0.1, -0.05) is 0 Å². The minimum absolute atomic E-state index is 0.0447. The Kier molecular flexibility index (Phi) is 6.27. The highest BCUT2D eigenvalue weighted by molar-refractivity contribution is 5.88. The van der Waals surface area contributed by atoms with Crippen molar-refractivity contribution in [2.45, 2.75) is 25.5 Å². The van der Waals surface area contributed by atoms with Crippen molar-refractivity contribution in [1.82, 2.24) is 24.7 Å². The summed E-state index contributed by atoms with van der Waals surface area (Å²) < 4.78 is 49.1. The molecule has 0 bridgehead atoms. The average Bonchev–Trinajstić information content (AvgIpc) is 3.42. The Morgan fingerprint density at radius 2 is 1.81 bits per heavy atom. The third kappa shape index (κ3) is 4.97. The number of carbonyl (C=O) groups excluding carboxylic acids is 2. The number of halogens is 3. The maximum Gasteiger partial charge on any atom is 0.341 e. The van der Waals surface area contributed by atoms with E-state index in [1.807, 2.05) is 0 Å². The lowest BCUT2D eigenvalue weighted by atomic mass is 10.0. The van der Waals surface area contributed by atoms with Gasteiger partial charge in [0.2, 0.25) is 5.91 Å². The SMILES string of the molecule is CC(=O)Nc1cc(-c2cc(OC3CN(C(=O)N4N=CCC4c4cc(F)cc(F)c4)C3)c(F)cn2)n(C)n1. The van der Waals surface area contributed by atoms with Crippen LogP contribution in [0.2, 0.25) is 0 Å². The van der Waals surface area contributed by atoms with E-state index in [9.17, 15) is 22.8 Å². The Morgan fingerprint density at radius 1 is 1.08 bits per heavy atom. The molecule has 3 aromatic rings. The van der Waals surface area contributed by atoms with Gasteiger partial charge in [-0.05, 0) is 17.7 Å². The zero-order valence-corrected chi connectivity index (χ0v) is 19.9. The molecule has 5 rings (SSSR count). The van der Waals surface area contributed by atoms with E-state index in [0.717, 1.165) is 12.3 Å². The smallest absolute Gasteiger partial charge is 0.341 e. The fraction of sp³-hybridized carbons (Fsp3) is 0.292. The topological polar surface area (TPSA) is 105 Å². The minimum Gasteiger partial charge on any atom is -0.483 e. The van der Waals surface area contributed by atoms with Gasteiger partial charge < -0.3 is 15.0 Å². The van der Waals surface area contributed by atoms with Gasteiger partial charge in [0, 0.05) is 44.8 Å². The van der Waals surface area contributed by atoms with Gasteiger partial charge in [-0.25, -0.2) is 23.0 Å². The number of aromatic nitrogens is 3. The van der Waals surface area contributed by atoms with Crippen LogP contribution in [-0.4, -0.2) is 62.0 Å². The van der Waals surface area contributed by atoms with E-state index in [0.29, 0.717) is 29.2 Å². The number of pyridine rings is 1. The zero-order chi connectivity index (χ0) is 26.3. The van der Waals surface area contributed by atoms with Gasteiger partial charge in [0.1, 0.15) is 17.7 Å². The quantitative estimate of drug-likeness (QED) is 0.563. The molecule has 1 unspecified atom stereocenters. The number of hydrogen-bond donors (Lipinski definition) is 1. The molecule has 2 aromatic heterocycles. The normalized spacial score (nSPS) is 17.2. The summed E-state index contributed by atoms with van der Waals surface area (Å²) in [6.45, 7) is 1.70. The maximum atomic E-state index is 14.5. The molecule has 4 heterocycles. The third-order valence-electron chi connectivity index (χ3n) is 5.97.